The lowest BCUT2D eigenvalue weighted by molar-refractivity contribution is -0.165. The van der Waals surface area contributed by atoms with Gasteiger partial charge in [0, 0.05) is 31.1 Å². The van der Waals surface area contributed by atoms with E-state index in [-0.39, 0.29) is 38.5 Å². The lowest BCUT2D eigenvalue weighted by Gasteiger charge is -2.38. The number of phosphoric ester groups is 2. The first-order valence-electron chi connectivity index (χ1n) is 24.9. The molecule has 1 saturated carbocycles. The molecule has 0 radical (unpaired) electrons. The van der Waals surface area contributed by atoms with E-state index in [1.807, 2.05) is 6.92 Å². The van der Waals surface area contributed by atoms with Crippen LogP contribution in [-0.2, 0) is 46.6 Å². The van der Waals surface area contributed by atoms with Crippen molar-refractivity contribution in [1.82, 2.24) is 0 Å². The zero-order chi connectivity index (χ0) is 52.0. The Labute approximate surface area is 413 Å². The van der Waals surface area contributed by atoms with Gasteiger partial charge in [-0.25, -0.2) is 9.13 Å². The number of esters is 2. The fourth-order valence-corrected chi connectivity index (χ4v) is 9.57. The van der Waals surface area contributed by atoms with Gasteiger partial charge in [0.05, 0.1) is 31.0 Å². The third-order valence-corrected chi connectivity index (χ3v) is 13.5. The minimum atomic E-state index is -5.78. The molecule has 1 saturated heterocycles. The maximum absolute atomic E-state index is 13.7. The monoisotopic (exact) mass is 1040 g/mol. The number of carbonyl (C=O) groups excluding carboxylic acids is 3. The van der Waals surface area contributed by atoms with E-state index in [4.69, 9.17) is 23.0 Å². The van der Waals surface area contributed by atoms with Gasteiger partial charge in [-0.15, -0.1) is 0 Å². The van der Waals surface area contributed by atoms with Crippen molar-refractivity contribution in [2.45, 2.75) is 204 Å². The van der Waals surface area contributed by atoms with E-state index in [1.165, 1.54) is 6.08 Å². The molecule has 1 heterocycles. The standard InChI is InChI=1S/C49H82O19P2/c1-3-5-7-8-9-10-11-12-13-14-15-16-17-18-19-20-25-29-42(53)64-34-37-35-65-70(62,63)68-49-47(58)46(57)44(55)38(28-24-21-22-26-30-43(54)66-37)40(51)33-41(52)39(32-31-36(50)27-23-6-4-2)45(56)48(49)67-69(59,60)61/h5,7,9-10,12-13,15-16,31-32,36-39,41,44-50,52,55-58H,3-4,6,8,11,14,17-30,33-35H2,1-2H3,(H,62,63)(H2,59,60,61)/b7-5-,10-9-,13-12-,16-15-,32-31?/t36-,37+,38-,39-,41+,44+,45+,46-,47+,48+,49-/m0/s1. The largest absolute Gasteiger partial charge is 0.472 e. The molecule has 2 rings (SSSR count). The molecule has 2 aliphatic rings. The molecule has 12 atom stereocenters. The van der Waals surface area contributed by atoms with Crippen molar-refractivity contribution in [2.24, 2.45) is 11.8 Å². The lowest BCUT2D eigenvalue weighted by Crippen LogP contribution is -2.56. The zero-order valence-corrected chi connectivity index (χ0v) is 42.7. The lowest BCUT2D eigenvalue weighted by atomic mass is 9.83. The van der Waals surface area contributed by atoms with Crippen LogP contribution in [0.2, 0.25) is 0 Å². The summed E-state index contributed by atoms with van der Waals surface area (Å²) in [7, 11) is -11.5. The average molecular weight is 1040 g/mol. The third kappa shape index (κ3) is 26.8. The summed E-state index contributed by atoms with van der Waals surface area (Å²) in [5.41, 5.74) is 0. The van der Waals surface area contributed by atoms with E-state index in [0.29, 0.717) is 25.7 Å². The molecule has 0 amide bonds. The van der Waals surface area contributed by atoms with Crippen molar-refractivity contribution in [2.75, 3.05) is 13.2 Å². The Morgan fingerprint density at radius 2 is 1.46 bits per heavy atom. The van der Waals surface area contributed by atoms with Gasteiger partial charge in [0.25, 0.3) is 0 Å². The summed E-state index contributed by atoms with van der Waals surface area (Å²) in [6, 6.07) is 0. The van der Waals surface area contributed by atoms with Crippen LogP contribution in [0.3, 0.4) is 0 Å². The van der Waals surface area contributed by atoms with Gasteiger partial charge in [-0.2, -0.15) is 0 Å². The molecule has 0 aromatic rings. The number of carbonyl (C=O) groups is 3. The van der Waals surface area contributed by atoms with Crippen LogP contribution >= 0.6 is 15.6 Å². The number of ketones is 1. The van der Waals surface area contributed by atoms with Crippen LogP contribution in [0, 0.1) is 11.8 Å². The van der Waals surface area contributed by atoms with Crippen molar-refractivity contribution >= 4 is 33.4 Å². The van der Waals surface area contributed by atoms with Gasteiger partial charge in [-0.05, 0) is 64.2 Å². The number of cyclic esters (lactones) is 1. The van der Waals surface area contributed by atoms with Crippen LogP contribution < -0.4 is 0 Å². The predicted molar refractivity (Wildman–Crippen MR) is 260 cm³/mol. The van der Waals surface area contributed by atoms with Crippen LogP contribution in [-0.4, -0.2) is 131 Å². The molecule has 402 valence electrons. The molecule has 19 nitrogen and oxygen atoms in total. The van der Waals surface area contributed by atoms with Crippen molar-refractivity contribution in [3.63, 3.8) is 0 Å². The minimum absolute atomic E-state index is 0.0271. The van der Waals surface area contributed by atoms with Crippen LogP contribution in [0.25, 0.3) is 0 Å². The summed E-state index contributed by atoms with van der Waals surface area (Å²) in [5, 5.41) is 68.2. The Hall–Kier alpha value is -2.71. The fourth-order valence-electron chi connectivity index (χ4n) is 8.04. The van der Waals surface area contributed by atoms with Gasteiger partial charge in [0.1, 0.15) is 36.8 Å². The summed E-state index contributed by atoms with van der Waals surface area (Å²) >= 11 is 0. The van der Waals surface area contributed by atoms with E-state index in [9.17, 15) is 68.8 Å². The second kappa shape index (κ2) is 35.4. The van der Waals surface area contributed by atoms with Crippen molar-refractivity contribution < 1.29 is 91.9 Å². The van der Waals surface area contributed by atoms with Gasteiger partial charge >= 0.3 is 27.6 Å². The van der Waals surface area contributed by atoms with Crippen LogP contribution in [0.1, 0.15) is 149 Å². The van der Waals surface area contributed by atoms with E-state index in [2.05, 4.69) is 55.5 Å². The smallest absolute Gasteiger partial charge is 0.462 e. The Bertz CT molecular complexity index is 1750. The summed E-state index contributed by atoms with van der Waals surface area (Å²) in [6.45, 7) is 2.44. The molecule has 0 spiro atoms. The van der Waals surface area contributed by atoms with Crippen LogP contribution in [0.4, 0.5) is 0 Å². The molecular formula is C49H82O19P2. The van der Waals surface area contributed by atoms with Gasteiger partial charge in [0.2, 0.25) is 0 Å². The number of phosphoric acid groups is 2. The van der Waals surface area contributed by atoms with E-state index in [0.717, 1.165) is 70.3 Å². The predicted octanol–water partition coefficient (Wildman–Crippen LogP) is 6.43. The number of fused-ring (bicyclic) bond motifs is 4. The number of Topliss-reactive ketones (excluding diaryl/α,β-unsaturated/α-hetero) is 1. The molecule has 2 fully saturated rings. The second-order valence-corrected chi connectivity index (χ2v) is 20.5. The second-order valence-electron chi connectivity index (χ2n) is 17.9. The summed E-state index contributed by atoms with van der Waals surface area (Å²) in [4.78, 5) is 70.4. The molecule has 0 aromatic heterocycles. The van der Waals surface area contributed by atoms with Gasteiger partial charge in [-0.1, -0.05) is 126 Å². The Balaban J connectivity index is 2.26. The molecule has 21 heteroatoms. The maximum atomic E-state index is 13.7. The molecule has 1 aliphatic carbocycles. The third-order valence-electron chi connectivity index (χ3n) is 12.0. The van der Waals surface area contributed by atoms with Crippen LogP contribution in [0.5, 0.6) is 0 Å². The molecular weight excluding hydrogens is 954 g/mol. The Kier molecular flexibility index (Phi) is 32.1. The quantitative estimate of drug-likeness (QED) is 0.0218. The maximum Gasteiger partial charge on any atom is 0.472 e. The van der Waals surface area contributed by atoms with Gasteiger partial charge < -0.3 is 54.8 Å². The summed E-state index contributed by atoms with van der Waals surface area (Å²) in [5.74, 6) is -5.50. The van der Waals surface area contributed by atoms with Gasteiger partial charge in [-0.3, -0.25) is 28.0 Å². The molecule has 1 unspecified atom stereocenters. The highest BCUT2D eigenvalue weighted by molar-refractivity contribution is 7.47. The number of allylic oxidation sites excluding steroid dienone is 8. The first-order valence-corrected chi connectivity index (χ1v) is 28.0. The van der Waals surface area contributed by atoms with Crippen molar-refractivity contribution in [3.8, 4) is 0 Å². The first kappa shape index (κ1) is 63.4. The number of unbranched alkanes of at least 4 members (excludes halogenated alkanes) is 6. The SMILES string of the molecule is CC/C=C\C/C=C\C/C=C\C/C=C\CCCCCCC(=O)OC[C@@H]1COP(=O)(O)O[C@H]2[C@H](O)[C@@H](O)[C@H](O)[C@@H](CCCCCCC(=O)O1)C(=O)C[C@@H](O)[C@H](C=C[C@@H](O)CCCCC)[C@@H](O)[C@H]2OP(=O)(O)O. The van der Waals surface area contributed by atoms with E-state index in [1.54, 1.807) is 0 Å². The fraction of sp³-hybridized carbons (Fsp3) is 0.735. The number of hydrogen-bond acceptors (Lipinski definition) is 16. The molecule has 1 aliphatic heterocycles. The van der Waals surface area contributed by atoms with E-state index >= 15 is 0 Å². The first-order chi connectivity index (χ1) is 33.3. The normalized spacial score (nSPS) is 30.3. The number of aliphatic hydroxyl groups excluding tert-OH is 6. The van der Waals surface area contributed by atoms with E-state index < -0.39 is 120 Å². The zero-order valence-electron chi connectivity index (χ0n) is 40.9. The highest BCUT2D eigenvalue weighted by atomic mass is 31.2. The number of hydrogen-bond donors (Lipinski definition) is 9. The Morgan fingerprint density at radius 1 is 0.814 bits per heavy atom. The minimum Gasteiger partial charge on any atom is -0.462 e. The highest BCUT2D eigenvalue weighted by Crippen LogP contribution is 2.49. The molecule has 2 bridgehead atoms. The molecule has 9 N–H and O–H groups in total. The Morgan fingerprint density at radius 3 is 2.11 bits per heavy atom. The number of ether oxygens (including phenoxy) is 2. The summed E-state index contributed by atoms with van der Waals surface area (Å²) < 4.78 is 52.1. The topological polar surface area (TPSA) is 314 Å². The van der Waals surface area contributed by atoms with Gasteiger partial charge in [0.15, 0.2) is 6.10 Å². The molecule has 70 heavy (non-hydrogen) atoms. The average Bonchev–Trinajstić information content (AvgIpc) is 3.30. The van der Waals surface area contributed by atoms with Crippen LogP contribution in [0.15, 0.2) is 60.8 Å². The van der Waals surface area contributed by atoms with Crippen molar-refractivity contribution in [1.29, 1.82) is 0 Å². The van der Waals surface area contributed by atoms with Crippen molar-refractivity contribution in [3.05, 3.63) is 60.8 Å². The molecule has 0 aromatic carbocycles. The number of aliphatic hydroxyl groups is 6. The summed E-state index contributed by atoms with van der Waals surface area (Å²) in [6.07, 6.45) is 10.1. The highest BCUT2D eigenvalue weighted by Gasteiger charge is 2.51. The number of rotatable bonds is 24.